The molecule has 1 atom stereocenters. The van der Waals surface area contributed by atoms with E-state index >= 15 is 0 Å². The molecule has 0 aliphatic carbocycles. The van der Waals surface area contributed by atoms with Crippen molar-refractivity contribution in [1.29, 1.82) is 0 Å². The average molecular weight is 193 g/mol. The predicted octanol–water partition coefficient (Wildman–Crippen LogP) is 1.35. The summed E-state index contributed by atoms with van der Waals surface area (Å²) in [7, 11) is 1.86. The third-order valence-corrected chi connectivity index (χ3v) is 2.67. The minimum atomic E-state index is -2.69. The van der Waals surface area contributed by atoms with Gasteiger partial charge in [-0.05, 0) is 26.4 Å². The molecule has 1 saturated heterocycles. The summed E-state index contributed by atoms with van der Waals surface area (Å²) in [6.07, 6.45) is 1.02. The van der Waals surface area contributed by atoms with Gasteiger partial charge in [-0.25, -0.2) is 8.78 Å². The van der Waals surface area contributed by atoms with Crippen molar-refractivity contribution in [3.05, 3.63) is 0 Å². The van der Waals surface area contributed by atoms with E-state index in [1.54, 1.807) is 0 Å². The van der Waals surface area contributed by atoms with Crippen molar-refractivity contribution in [2.45, 2.75) is 25.2 Å². The fraction of sp³-hybridized carbons (Fsp3) is 1.00. The Labute approximate surface area is 77.5 Å². The van der Waals surface area contributed by atoms with E-state index in [1.807, 2.05) is 11.9 Å². The van der Waals surface area contributed by atoms with Gasteiger partial charge in [0.2, 0.25) is 0 Å². The smallest absolute Gasteiger partial charge is 0.254 e. The zero-order valence-corrected chi connectivity index (χ0v) is 7.97. The number of alkyl halides is 2. The molecule has 1 fully saturated rings. The Balaban J connectivity index is 2.48. The maximum absolute atomic E-state index is 13.3. The summed E-state index contributed by atoms with van der Waals surface area (Å²) in [6, 6.07) is 0. The highest BCUT2D eigenvalue weighted by Crippen LogP contribution is 2.33. The van der Waals surface area contributed by atoms with Gasteiger partial charge in [-0.3, -0.25) is 0 Å². The van der Waals surface area contributed by atoms with Gasteiger partial charge in [0.05, 0.1) is 0 Å². The van der Waals surface area contributed by atoms with Crippen LogP contribution in [0, 0.1) is 5.92 Å². The topological polar surface area (TPSA) is 23.5 Å². The van der Waals surface area contributed by atoms with Crippen LogP contribution in [0.25, 0.3) is 0 Å². The Hall–Kier alpha value is -0.220. The average Bonchev–Trinajstić information content (AvgIpc) is 2.04. The maximum atomic E-state index is 13.3. The molecule has 0 aromatic carbocycles. The zero-order valence-electron chi connectivity index (χ0n) is 7.97. The third kappa shape index (κ3) is 2.88. The molecule has 0 spiro atoms. The van der Waals surface area contributed by atoms with Gasteiger partial charge in [-0.2, -0.15) is 0 Å². The molecule has 1 aliphatic rings. The first kappa shape index (κ1) is 10.9. The highest BCUT2D eigenvalue weighted by atomic mass is 19.3. The largest absolute Gasteiger partial charge is 0.396 e. The first-order valence-electron chi connectivity index (χ1n) is 4.73. The van der Waals surface area contributed by atoms with Gasteiger partial charge in [0, 0.05) is 25.5 Å². The fourth-order valence-electron chi connectivity index (χ4n) is 1.86. The van der Waals surface area contributed by atoms with E-state index < -0.39 is 24.9 Å². The second-order valence-electron chi connectivity index (χ2n) is 3.84. The summed E-state index contributed by atoms with van der Waals surface area (Å²) in [6.45, 7) is 0.936. The summed E-state index contributed by atoms with van der Waals surface area (Å²) >= 11 is 0. The molecule has 2 nitrogen and oxygen atoms in total. The summed E-state index contributed by atoms with van der Waals surface area (Å²) in [5.41, 5.74) is 0. The van der Waals surface area contributed by atoms with Crippen molar-refractivity contribution in [1.82, 2.24) is 4.90 Å². The first-order chi connectivity index (χ1) is 6.06. The molecule has 4 heteroatoms. The van der Waals surface area contributed by atoms with Gasteiger partial charge in [0.25, 0.3) is 5.92 Å². The molecule has 0 bridgehead atoms. The van der Waals surface area contributed by atoms with Gasteiger partial charge >= 0.3 is 0 Å². The molecule has 0 radical (unpaired) electrons. The second kappa shape index (κ2) is 4.33. The van der Waals surface area contributed by atoms with Crippen LogP contribution in [0.4, 0.5) is 8.78 Å². The Morgan fingerprint density at radius 2 is 2.23 bits per heavy atom. The highest BCUT2D eigenvalue weighted by Gasteiger charge is 2.40. The minimum absolute atomic E-state index is 0.397. The van der Waals surface area contributed by atoms with Gasteiger partial charge in [0.1, 0.15) is 0 Å². The molecular formula is C9H17F2NO. The van der Waals surface area contributed by atoms with Crippen molar-refractivity contribution in [2.75, 3.05) is 26.7 Å². The van der Waals surface area contributed by atoms with Crippen molar-refractivity contribution >= 4 is 0 Å². The maximum Gasteiger partial charge on any atom is 0.254 e. The van der Waals surface area contributed by atoms with Crippen LogP contribution in [0.1, 0.15) is 19.3 Å². The van der Waals surface area contributed by atoms with E-state index in [0.29, 0.717) is 13.0 Å². The summed E-state index contributed by atoms with van der Waals surface area (Å²) in [4.78, 5) is 1.93. The van der Waals surface area contributed by atoms with Crippen LogP contribution in [0.3, 0.4) is 0 Å². The Kier molecular flexibility index (Phi) is 3.62. The molecule has 13 heavy (non-hydrogen) atoms. The Morgan fingerprint density at radius 3 is 2.77 bits per heavy atom. The van der Waals surface area contributed by atoms with Gasteiger partial charge in [0.15, 0.2) is 0 Å². The van der Waals surface area contributed by atoms with Crippen LogP contribution < -0.4 is 0 Å². The van der Waals surface area contributed by atoms with Crippen LogP contribution in [0.2, 0.25) is 0 Å². The quantitative estimate of drug-likeness (QED) is 0.731. The number of hydrogen-bond donors (Lipinski definition) is 1. The van der Waals surface area contributed by atoms with Gasteiger partial charge in [-0.15, -0.1) is 0 Å². The number of hydrogen-bond acceptors (Lipinski definition) is 2. The predicted molar refractivity (Wildman–Crippen MR) is 46.9 cm³/mol. The lowest BCUT2D eigenvalue weighted by Gasteiger charge is -2.34. The first-order valence-corrected chi connectivity index (χ1v) is 4.73. The van der Waals surface area contributed by atoms with E-state index in [2.05, 4.69) is 0 Å². The van der Waals surface area contributed by atoms with E-state index in [-0.39, 0.29) is 0 Å². The lowest BCUT2D eigenvalue weighted by molar-refractivity contribution is -0.0932. The summed E-state index contributed by atoms with van der Waals surface area (Å²) in [5.74, 6) is -3.26. The lowest BCUT2D eigenvalue weighted by Crippen LogP contribution is -2.42. The molecule has 78 valence electrons. The van der Waals surface area contributed by atoms with E-state index in [4.69, 9.17) is 5.11 Å². The fourth-order valence-corrected chi connectivity index (χ4v) is 1.86. The number of likely N-dealkylation sites (tertiary alicyclic amines) is 1. The van der Waals surface area contributed by atoms with Crippen molar-refractivity contribution in [3.63, 3.8) is 0 Å². The zero-order chi connectivity index (χ0) is 9.90. The molecule has 0 aromatic rings. The van der Waals surface area contributed by atoms with Gasteiger partial charge in [-0.1, -0.05) is 0 Å². The molecule has 1 unspecified atom stereocenters. The number of piperidine rings is 1. The molecular weight excluding hydrogens is 176 g/mol. The van der Waals surface area contributed by atoms with Crippen LogP contribution in [-0.4, -0.2) is 42.7 Å². The molecule has 1 aliphatic heterocycles. The van der Waals surface area contributed by atoms with Crippen molar-refractivity contribution in [2.24, 2.45) is 5.92 Å². The normalized spacial score (nSPS) is 26.3. The Bertz CT molecular complexity index is 164. The minimum Gasteiger partial charge on any atom is -0.396 e. The van der Waals surface area contributed by atoms with Crippen LogP contribution >= 0.6 is 0 Å². The number of halogens is 2. The van der Waals surface area contributed by atoms with Crippen molar-refractivity contribution < 1.29 is 13.9 Å². The monoisotopic (exact) mass is 193 g/mol. The molecule has 1 rings (SSSR count). The number of aliphatic hydroxyl groups is 1. The van der Waals surface area contributed by atoms with E-state index in [1.165, 1.54) is 0 Å². The third-order valence-electron chi connectivity index (χ3n) is 2.67. The molecule has 0 saturated carbocycles. The number of nitrogens with zero attached hydrogens (tertiary/aromatic N) is 1. The Morgan fingerprint density at radius 1 is 1.54 bits per heavy atom. The lowest BCUT2D eigenvalue weighted by atomic mass is 9.90. The standard InChI is InChI=1S/C9H17F2NO/c1-12-5-2-3-8(7-12)9(10,11)4-6-13/h8,13H,2-7H2,1H3. The molecule has 1 heterocycles. The van der Waals surface area contributed by atoms with Gasteiger partial charge < -0.3 is 10.0 Å². The van der Waals surface area contributed by atoms with E-state index in [9.17, 15) is 8.78 Å². The summed E-state index contributed by atoms with van der Waals surface area (Å²) < 4.78 is 26.6. The van der Waals surface area contributed by atoms with Crippen molar-refractivity contribution in [3.8, 4) is 0 Å². The molecule has 1 N–H and O–H groups in total. The van der Waals surface area contributed by atoms with E-state index in [0.717, 1.165) is 13.0 Å². The molecule has 0 amide bonds. The number of aliphatic hydroxyl groups excluding tert-OH is 1. The SMILES string of the molecule is CN1CCCC(C(F)(F)CCO)C1. The second-order valence-corrected chi connectivity index (χ2v) is 3.84. The summed E-state index contributed by atoms with van der Waals surface area (Å²) in [5, 5.41) is 8.50. The number of rotatable bonds is 3. The highest BCUT2D eigenvalue weighted by molar-refractivity contribution is 4.82. The van der Waals surface area contributed by atoms with Crippen LogP contribution in [0.15, 0.2) is 0 Å². The van der Waals surface area contributed by atoms with Crippen LogP contribution in [-0.2, 0) is 0 Å². The van der Waals surface area contributed by atoms with Crippen LogP contribution in [0.5, 0.6) is 0 Å². The molecule has 0 aromatic heterocycles.